The van der Waals surface area contributed by atoms with Gasteiger partial charge >= 0.3 is 6.18 Å². The molecule has 0 atom stereocenters. The van der Waals surface area contributed by atoms with Gasteiger partial charge in [-0.25, -0.2) is 4.98 Å². The van der Waals surface area contributed by atoms with Gasteiger partial charge in [-0.05, 0) is 17.7 Å². The first kappa shape index (κ1) is 19.7. The van der Waals surface area contributed by atoms with E-state index in [1.54, 1.807) is 36.4 Å². The normalized spacial score (nSPS) is 12.0. The summed E-state index contributed by atoms with van der Waals surface area (Å²) in [7, 11) is 1.45. The molecule has 3 N–H and O–H groups in total. The molecule has 0 fully saturated rings. The zero-order valence-electron chi connectivity index (χ0n) is 16.4. The number of nitrogens with one attached hydrogen (secondary N) is 1. The highest BCUT2D eigenvalue weighted by molar-refractivity contribution is 5.85. The van der Waals surface area contributed by atoms with E-state index >= 15 is 0 Å². The molecule has 32 heavy (non-hydrogen) atoms. The Morgan fingerprint density at radius 2 is 1.84 bits per heavy atom. The lowest BCUT2D eigenvalue weighted by molar-refractivity contribution is -0.140. The van der Waals surface area contributed by atoms with Crippen molar-refractivity contribution in [1.29, 1.82) is 0 Å². The summed E-state index contributed by atoms with van der Waals surface area (Å²) in [5.74, 6) is 0.0210. The Morgan fingerprint density at radius 3 is 2.53 bits per heavy atom. The van der Waals surface area contributed by atoms with Crippen LogP contribution in [-0.2, 0) is 6.18 Å². The van der Waals surface area contributed by atoms with Crippen molar-refractivity contribution in [1.82, 2.24) is 19.6 Å². The van der Waals surface area contributed by atoms with E-state index in [2.05, 4.69) is 15.1 Å². The Hall–Kier alpha value is -4.28. The number of nitrogen functional groups attached to an aromatic ring is 1. The third-order valence-corrected chi connectivity index (χ3v) is 4.96. The summed E-state index contributed by atoms with van der Waals surface area (Å²) in [6, 6.07) is 12.7. The van der Waals surface area contributed by atoms with Crippen LogP contribution in [0.4, 0.5) is 19.0 Å². The second kappa shape index (κ2) is 6.87. The summed E-state index contributed by atoms with van der Waals surface area (Å²) in [4.78, 5) is 20.1. The number of anilines is 1. The summed E-state index contributed by atoms with van der Waals surface area (Å²) >= 11 is 0. The van der Waals surface area contributed by atoms with Crippen molar-refractivity contribution in [3.8, 4) is 28.3 Å². The van der Waals surface area contributed by atoms with Crippen molar-refractivity contribution >= 4 is 22.6 Å². The van der Waals surface area contributed by atoms with Crippen LogP contribution in [0.15, 0.2) is 57.7 Å². The molecule has 0 saturated carbocycles. The van der Waals surface area contributed by atoms with Crippen LogP contribution in [0.2, 0.25) is 0 Å². The molecule has 0 amide bonds. The maximum absolute atomic E-state index is 13.8. The fourth-order valence-electron chi connectivity index (χ4n) is 3.57. The number of rotatable bonds is 3. The Morgan fingerprint density at radius 1 is 1.09 bits per heavy atom. The smallest absolute Gasteiger partial charge is 0.435 e. The van der Waals surface area contributed by atoms with Crippen molar-refractivity contribution < 1.29 is 22.3 Å². The van der Waals surface area contributed by atoms with Crippen molar-refractivity contribution in [2.45, 2.75) is 6.18 Å². The van der Waals surface area contributed by atoms with E-state index in [1.165, 1.54) is 19.2 Å². The molecule has 2 aromatic carbocycles. The SMILES string of the molecule is COc1cccc2oc(-c3c(N)[nH]c4c(-c5ccccc5)c(C(F)(F)F)nn4c3=O)nc12. The lowest BCUT2D eigenvalue weighted by atomic mass is 10.1. The van der Waals surface area contributed by atoms with Gasteiger partial charge in [0.25, 0.3) is 5.56 Å². The molecule has 5 rings (SSSR count). The number of nitrogens with zero attached hydrogens (tertiary/aromatic N) is 3. The Kier molecular flexibility index (Phi) is 4.22. The summed E-state index contributed by atoms with van der Waals surface area (Å²) in [5, 5.41) is 3.57. The van der Waals surface area contributed by atoms with E-state index in [1.807, 2.05) is 0 Å². The van der Waals surface area contributed by atoms with Crippen molar-refractivity contribution in [3.05, 3.63) is 64.6 Å². The van der Waals surface area contributed by atoms with E-state index in [0.29, 0.717) is 21.4 Å². The first-order chi connectivity index (χ1) is 15.3. The molecule has 3 heterocycles. The van der Waals surface area contributed by atoms with Crippen LogP contribution < -0.4 is 16.0 Å². The van der Waals surface area contributed by atoms with Crippen LogP contribution in [0, 0.1) is 0 Å². The maximum atomic E-state index is 13.8. The lowest BCUT2D eigenvalue weighted by Crippen LogP contribution is -2.20. The van der Waals surface area contributed by atoms with E-state index < -0.39 is 17.4 Å². The molecule has 0 radical (unpaired) electrons. The monoisotopic (exact) mass is 441 g/mol. The molecule has 8 nitrogen and oxygen atoms in total. The van der Waals surface area contributed by atoms with E-state index in [4.69, 9.17) is 14.9 Å². The Bertz CT molecular complexity index is 1530. The van der Waals surface area contributed by atoms with Gasteiger partial charge in [0.05, 0.1) is 12.7 Å². The number of alkyl halides is 3. The number of hydrogen-bond acceptors (Lipinski definition) is 6. The number of para-hydroxylation sites is 1. The second-order valence-corrected chi connectivity index (χ2v) is 6.89. The molecule has 0 aliphatic carbocycles. The van der Waals surface area contributed by atoms with Crippen LogP contribution in [0.5, 0.6) is 5.75 Å². The van der Waals surface area contributed by atoms with Crippen LogP contribution >= 0.6 is 0 Å². The third kappa shape index (κ3) is 2.89. The molecule has 5 aromatic rings. The molecule has 0 saturated heterocycles. The van der Waals surface area contributed by atoms with Crippen LogP contribution in [-0.4, -0.2) is 26.7 Å². The molecular formula is C21H14F3N5O3. The van der Waals surface area contributed by atoms with Gasteiger partial charge in [0.1, 0.15) is 22.8 Å². The molecule has 0 bridgehead atoms. The topological polar surface area (TPSA) is 111 Å². The number of fused-ring (bicyclic) bond motifs is 2. The average molecular weight is 441 g/mol. The molecule has 11 heteroatoms. The van der Waals surface area contributed by atoms with Crippen molar-refractivity contribution in [3.63, 3.8) is 0 Å². The summed E-state index contributed by atoms with van der Waals surface area (Å²) in [6.07, 6.45) is -4.81. The average Bonchev–Trinajstić information content (AvgIpc) is 3.36. The number of H-pyrrole nitrogens is 1. The summed E-state index contributed by atoms with van der Waals surface area (Å²) in [6.45, 7) is 0. The zero-order valence-corrected chi connectivity index (χ0v) is 16.4. The van der Waals surface area contributed by atoms with Gasteiger partial charge in [0.15, 0.2) is 16.8 Å². The standard InChI is InChI=1S/C21H14F3N5O3/c1-31-11-8-5-9-12-15(11)26-19(32-12)14-17(25)27-18-13(10-6-3-2-4-7-10)16(21(22,23)24)28-29(18)20(14)30/h2-9,27H,25H2,1H3. The number of methoxy groups -OCH3 is 1. The van der Waals surface area contributed by atoms with E-state index in [0.717, 1.165) is 0 Å². The van der Waals surface area contributed by atoms with Crippen LogP contribution in [0.25, 0.3) is 39.3 Å². The van der Waals surface area contributed by atoms with Gasteiger partial charge in [-0.3, -0.25) is 4.79 Å². The number of aromatic nitrogens is 4. The number of ether oxygens (including phenoxy) is 1. The minimum absolute atomic E-state index is 0.171. The van der Waals surface area contributed by atoms with Crippen LogP contribution in [0.1, 0.15) is 5.69 Å². The quantitative estimate of drug-likeness (QED) is 0.436. The highest BCUT2D eigenvalue weighted by atomic mass is 19.4. The third-order valence-electron chi connectivity index (χ3n) is 4.96. The molecule has 0 aliphatic heterocycles. The van der Waals surface area contributed by atoms with Gasteiger partial charge in [-0.2, -0.15) is 22.8 Å². The number of nitrogens with two attached hydrogens (primary N) is 1. The molecular weight excluding hydrogens is 427 g/mol. The molecule has 0 aliphatic rings. The number of aromatic amines is 1. The highest BCUT2D eigenvalue weighted by Gasteiger charge is 2.39. The van der Waals surface area contributed by atoms with E-state index in [-0.39, 0.29) is 34.0 Å². The predicted molar refractivity (Wildman–Crippen MR) is 110 cm³/mol. The lowest BCUT2D eigenvalue weighted by Gasteiger charge is -2.07. The number of halogens is 3. The van der Waals surface area contributed by atoms with Gasteiger partial charge in [0, 0.05) is 0 Å². The molecule has 0 unspecified atom stereocenters. The predicted octanol–water partition coefficient (Wildman–Crippen LogP) is 4.11. The number of hydrogen-bond donors (Lipinski definition) is 2. The number of oxazole rings is 1. The first-order valence-electron chi connectivity index (χ1n) is 9.30. The van der Waals surface area contributed by atoms with Gasteiger partial charge in [0.2, 0.25) is 5.89 Å². The molecule has 162 valence electrons. The van der Waals surface area contributed by atoms with Crippen molar-refractivity contribution in [2.75, 3.05) is 12.8 Å². The zero-order chi connectivity index (χ0) is 22.6. The van der Waals surface area contributed by atoms with Crippen LogP contribution in [0.3, 0.4) is 0 Å². The second-order valence-electron chi connectivity index (χ2n) is 6.89. The van der Waals surface area contributed by atoms with Gasteiger partial charge < -0.3 is 19.9 Å². The highest BCUT2D eigenvalue weighted by Crippen LogP contribution is 2.39. The fraction of sp³-hybridized carbons (Fsp3) is 0.0952. The fourth-order valence-corrected chi connectivity index (χ4v) is 3.57. The summed E-state index contributed by atoms with van der Waals surface area (Å²) in [5.41, 5.74) is 4.11. The summed E-state index contributed by atoms with van der Waals surface area (Å²) < 4.78 is 52.8. The van der Waals surface area contributed by atoms with Gasteiger partial charge in [-0.1, -0.05) is 36.4 Å². The molecule has 3 aromatic heterocycles. The van der Waals surface area contributed by atoms with Crippen molar-refractivity contribution in [2.24, 2.45) is 0 Å². The Labute approximate surface area is 177 Å². The molecule has 0 spiro atoms. The maximum Gasteiger partial charge on any atom is 0.435 e. The van der Waals surface area contributed by atoms with E-state index in [9.17, 15) is 18.0 Å². The first-order valence-corrected chi connectivity index (χ1v) is 9.30. The van der Waals surface area contributed by atoms with Gasteiger partial charge in [-0.15, -0.1) is 0 Å². The number of benzene rings is 2. The minimum Gasteiger partial charge on any atom is -0.494 e. The minimum atomic E-state index is -4.81. The largest absolute Gasteiger partial charge is 0.494 e. The Balaban J connectivity index is 1.82.